The Labute approximate surface area is 109 Å². The van der Waals surface area contributed by atoms with Gasteiger partial charge in [-0.15, -0.1) is 0 Å². The number of hydrogen-bond donors (Lipinski definition) is 1. The molecule has 4 heteroatoms. The van der Waals surface area contributed by atoms with E-state index in [1.165, 1.54) is 0 Å². The maximum absolute atomic E-state index is 9.84. The molecule has 0 aliphatic carbocycles. The number of halogens is 2. The van der Waals surface area contributed by atoms with E-state index < -0.39 is 0 Å². The SMILES string of the molecule is COc1ccc(O)c(-c2cccc(Cl)c2Cl)c1. The van der Waals surface area contributed by atoms with E-state index in [2.05, 4.69) is 0 Å². The molecule has 0 spiro atoms. The van der Waals surface area contributed by atoms with Crippen LogP contribution in [0.1, 0.15) is 0 Å². The molecule has 2 aromatic carbocycles. The van der Waals surface area contributed by atoms with Gasteiger partial charge >= 0.3 is 0 Å². The number of hydrogen-bond acceptors (Lipinski definition) is 2. The number of rotatable bonds is 2. The van der Waals surface area contributed by atoms with E-state index in [-0.39, 0.29) is 5.75 Å². The molecule has 0 heterocycles. The quantitative estimate of drug-likeness (QED) is 0.876. The fourth-order valence-corrected chi connectivity index (χ4v) is 1.97. The average Bonchev–Trinajstić information content (AvgIpc) is 2.34. The summed E-state index contributed by atoms with van der Waals surface area (Å²) in [5.74, 6) is 0.781. The number of phenols is 1. The number of aromatic hydroxyl groups is 1. The fraction of sp³-hybridized carbons (Fsp3) is 0.0769. The van der Waals surface area contributed by atoms with E-state index in [4.69, 9.17) is 27.9 Å². The Hall–Kier alpha value is -1.38. The van der Waals surface area contributed by atoms with Gasteiger partial charge in [-0.1, -0.05) is 35.3 Å². The monoisotopic (exact) mass is 268 g/mol. The minimum Gasteiger partial charge on any atom is -0.507 e. The van der Waals surface area contributed by atoms with Crippen molar-refractivity contribution in [3.63, 3.8) is 0 Å². The largest absolute Gasteiger partial charge is 0.507 e. The first-order chi connectivity index (χ1) is 8.13. The van der Waals surface area contributed by atoms with Gasteiger partial charge in [0.05, 0.1) is 17.2 Å². The number of benzene rings is 2. The van der Waals surface area contributed by atoms with Crippen LogP contribution in [-0.2, 0) is 0 Å². The van der Waals surface area contributed by atoms with Gasteiger partial charge < -0.3 is 9.84 Å². The molecule has 0 atom stereocenters. The minimum absolute atomic E-state index is 0.134. The second-order valence-electron chi connectivity index (χ2n) is 3.48. The van der Waals surface area contributed by atoms with Crippen molar-refractivity contribution in [3.8, 4) is 22.6 Å². The fourth-order valence-electron chi connectivity index (χ4n) is 1.57. The lowest BCUT2D eigenvalue weighted by Crippen LogP contribution is -1.86. The molecule has 0 saturated heterocycles. The highest BCUT2D eigenvalue weighted by Crippen LogP contribution is 2.39. The van der Waals surface area contributed by atoms with Crippen LogP contribution >= 0.6 is 23.2 Å². The highest BCUT2D eigenvalue weighted by atomic mass is 35.5. The van der Waals surface area contributed by atoms with Crippen LogP contribution in [0.5, 0.6) is 11.5 Å². The lowest BCUT2D eigenvalue weighted by molar-refractivity contribution is 0.412. The zero-order valence-electron chi connectivity index (χ0n) is 9.08. The number of methoxy groups -OCH3 is 1. The maximum Gasteiger partial charge on any atom is 0.123 e. The van der Waals surface area contributed by atoms with E-state index in [9.17, 15) is 5.11 Å². The van der Waals surface area contributed by atoms with Crippen molar-refractivity contribution < 1.29 is 9.84 Å². The first-order valence-corrected chi connectivity index (χ1v) is 5.70. The molecule has 0 saturated carbocycles. The van der Waals surface area contributed by atoms with Gasteiger partial charge in [-0.2, -0.15) is 0 Å². The van der Waals surface area contributed by atoms with E-state index in [0.29, 0.717) is 26.9 Å². The first kappa shape index (κ1) is 12.1. The van der Waals surface area contributed by atoms with Crippen molar-refractivity contribution in [1.29, 1.82) is 0 Å². The Morgan fingerprint density at radius 1 is 1.06 bits per heavy atom. The lowest BCUT2D eigenvalue weighted by Gasteiger charge is -2.09. The number of ether oxygens (including phenoxy) is 1. The molecule has 0 amide bonds. The smallest absolute Gasteiger partial charge is 0.123 e. The third kappa shape index (κ3) is 2.33. The van der Waals surface area contributed by atoms with Crippen LogP contribution in [0.4, 0.5) is 0 Å². The summed E-state index contributed by atoms with van der Waals surface area (Å²) in [5, 5.41) is 10.7. The van der Waals surface area contributed by atoms with Crippen LogP contribution in [0.15, 0.2) is 36.4 Å². The highest BCUT2D eigenvalue weighted by molar-refractivity contribution is 6.43. The van der Waals surface area contributed by atoms with Gasteiger partial charge in [0.15, 0.2) is 0 Å². The van der Waals surface area contributed by atoms with Crippen molar-refractivity contribution in [2.24, 2.45) is 0 Å². The van der Waals surface area contributed by atoms with Crippen molar-refractivity contribution in [2.45, 2.75) is 0 Å². The second-order valence-corrected chi connectivity index (χ2v) is 4.27. The predicted molar refractivity (Wildman–Crippen MR) is 70.1 cm³/mol. The summed E-state index contributed by atoms with van der Waals surface area (Å²) in [6.07, 6.45) is 0. The molecule has 1 N–H and O–H groups in total. The molecule has 0 radical (unpaired) electrons. The molecule has 2 nitrogen and oxygen atoms in total. The van der Waals surface area contributed by atoms with E-state index in [1.54, 1.807) is 43.5 Å². The van der Waals surface area contributed by atoms with Crippen LogP contribution in [0.25, 0.3) is 11.1 Å². The lowest BCUT2D eigenvalue weighted by atomic mass is 10.0. The van der Waals surface area contributed by atoms with Crippen molar-refractivity contribution in [1.82, 2.24) is 0 Å². The zero-order valence-corrected chi connectivity index (χ0v) is 10.6. The topological polar surface area (TPSA) is 29.5 Å². The van der Waals surface area contributed by atoms with Gasteiger partial charge in [0.1, 0.15) is 11.5 Å². The van der Waals surface area contributed by atoms with Gasteiger partial charge in [-0.25, -0.2) is 0 Å². The molecule has 17 heavy (non-hydrogen) atoms. The van der Waals surface area contributed by atoms with Crippen LogP contribution in [0, 0.1) is 0 Å². The molecule has 0 bridgehead atoms. The van der Waals surface area contributed by atoms with Crippen molar-refractivity contribution >= 4 is 23.2 Å². The van der Waals surface area contributed by atoms with Crippen molar-refractivity contribution in [3.05, 3.63) is 46.4 Å². The Kier molecular flexibility index (Phi) is 3.46. The summed E-state index contributed by atoms with van der Waals surface area (Å²) < 4.78 is 5.11. The molecule has 0 fully saturated rings. The summed E-state index contributed by atoms with van der Waals surface area (Å²) in [6, 6.07) is 10.2. The van der Waals surface area contributed by atoms with Crippen LogP contribution < -0.4 is 4.74 Å². The molecule has 0 aliphatic heterocycles. The average molecular weight is 269 g/mol. The summed E-state index contributed by atoms with van der Waals surface area (Å²) in [6.45, 7) is 0. The molecular formula is C13H10Cl2O2. The predicted octanol–water partition coefficient (Wildman–Crippen LogP) is 4.37. The summed E-state index contributed by atoms with van der Waals surface area (Å²) in [4.78, 5) is 0. The summed E-state index contributed by atoms with van der Waals surface area (Å²) >= 11 is 12.1. The normalized spacial score (nSPS) is 10.3. The van der Waals surface area contributed by atoms with Gasteiger partial charge in [0.2, 0.25) is 0 Å². The van der Waals surface area contributed by atoms with E-state index >= 15 is 0 Å². The Balaban J connectivity index is 2.63. The standard InChI is InChI=1S/C13H10Cl2O2/c1-17-8-5-6-12(16)10(7-8)9-3-2-4-11(14)13(9)15/h2-7,16H,1H3. The van der Waals surface area contributed by atoms with E-state index in [1.807, 2.05) is 0 Å². The van der Waals surface area contributed by atoms with Crippen LogP contribution in [-0.4, -0.2) is 12.2 Å². The molecule has 2 aromatic rings. The molecule has 88 valence electrons. The van der Waals surface area contributed by atoms with Crippen molar-refractivity contribution in [2.75, 3.05) is 7.11 Å². The number of phenolic OH excluding ortho intramolecular Hbond substituents is 1. The van der Waals surface area contributed by atoms with Crippen LogP contribution in [0.2, 0.25) is 10.0 Å². The van der Waals surface area contributed by atoms with Gasteiger partial charge in [0.25, 0.3) is 0 Å². The highest BCUT2D eigenvalue weighted by Gasteiger charge is 2.11. The van der Waals surface area contributed by atoms with Crippen LogP contribution in [0.3, 0.4) is 0 Å². The second kappa shape index (κ2) is 4.86. The maximum atomic E-state index is 9.84. The Morgan fingerprint density at radius 3 is 2.53 bits per heavy atom. The van der Waals surface area contributed by atoms with Gasteiger partial charge in [-0.3, -0.25) is 0 Å². The Bertz CT molecular complexity index is 553. The molecule has 0 aromatic heterocycles. The van der Waals surface area contributed by atoms with Gasteiger partial charge in [-0.05, 0) is 24.3 Å². The van der Waals surface area contributed by atoms with Gasteiger partial charge in [0, 0.05) is 11.1 Å². The molecule has 0 aliphatic rings. The zero-order chi connectivity index (χ0) is 12.4. The van der Waals surface area contributed by atoms with E-state index in [0.717, 1.165) is 0 Å². The summed E-state index contributed by atoms with van der Waals surface area (Å²) in [5.41, 5.74) is 1.27. The first-order valence-electron chi connectivity index (χ1n) is 4.95. The minimum atomic E-state index is 0.134. The molecule has 0 unspecified atom stereocenters. The summed E-state index contributed by atoms with van der Waals surface area (Å²) in [7, 11) is 1.57. The molecule has 2 rings (SSSR count). The third-order valence-corrected chi connectivity index (χ3v) is 3.26. The molecular weight excluding hydrogens is 259 g/mol. The Morgan fingerprint density at radius 2 is 1.82 bits per heavy atom. The third-order valence-electron chi connectivity index (χ3n) is 2.45.